The highest BCUT2D eigenvalue weighted by atomic mass is 32.2. The standard InChI is InChI=1S/C14H16N4O2S2/c1-3-11-8-15-14(21-11)9-18(2)22(19,20)12-5-4-10-7-16-17-13(10)6-12/h4-8H,3,9H2,1-2H3,(H,16,17). The normalized spacial score (nSPS) is 12.3. The summed E-state index contributed by atoms with van der Waals surface area (Å²) in [5.41, 5.74) is 0.706. The number of nitrogens with one attached hydrogen (secondary N) is 1. The molecule has 22 heavy (non-hydrogen) atoms. The SMILES string of the molecule is CCc1cnc(CN(C)S(=O)(=O)c2ccc3cn[nH]c3c2)s1. The van der Waals surface area contributed by atoms with Gasteiger partial charge in [0, 0.05) is 23.5 Å². The van der Waals surface area contributed by atoms with Crippen molar-refractivity contribution < 1.29 is 8.42 Å². The van der Waals surface area contributed by atoms with Gasteiger partial charge in [0.1, 0.15) is 5.01 Å². The minimum atomic E-state index is -3.55. The number of nitrogens with zero attached hydrogens (tertiary/aromatic N) is 3. The molecule has 0 spiro atoms. The van der Waals surface area contributed by atoms with Crippen LogP contribution in [-0.2, 0) is 23.0 Å². The molecule has 1 aromatic carbocycles. The van der Waals surface area contributed by atoms with E-state index in [4.69, 9.17) is 0 Å². The molecule has 0 saturated carbocycles. The Labute approximate surface area is 132 Å². The summed E-state index contributed by atoms with van der Waals surface area (Å²) in [5.74, 6) is 0. The molecule has 0 aliphatic heterocycles. The van der Waals surface area contributed by atoms with Crippen molar-refractivity contribution in [2.45, 2.75) is 24.8 Å². The van der Waals surface area contributed by atoms with Gasteiger partial charge in [-0.25, -0.2) is 13.4 Å². The van der Waals surface area contributed by atoms with Crippen molar-refractivity contribution in [1.82, 2.24) is 19.5 Å². The fraction of sp³-hybridized carbons (Fsp3) is 0.286. The molecule has 0 unspecified atom stereocenters. The summed E-state index contributed by atoms with van der Waals surface area (Å²) in [4.78, 5) is 5.67. The van der Waals surface area contributed by atoms with Gasteiger partial charge in [0.15, 0.2) is 0 Å². The van der Waals surface area contributed by atoms with Crippen molar-refractivity contribution in [3.63, 3.8) is 0 Å². The highest BCUT2D eigenvalue weighted by molar-refractivity contribution is 7.89. The van der Waals surface area contributed by atoms with Crippen molar-refractivity contribution in [1.29, 1.82) is 0 Å². The Morgan fingerprint density at radius 3 is 2.86 bits per heavy atom. The molecule has 3 aromatic rings. The molecular formula is C14H16N4O2S2. The van der Waals surface area contributed by atoms with Crippen LogP contribution < -0.4 is 0 Å². The maximum absolute atomic E-state index is 12.6. The van der Waals surface area contributed by atoms with Gasteiger partial charge in [0.2, 0.25) is 10.0 Å². The van der Waals surface area contributed by atoms with Crippen LogP contribution in [0.3, 0.4) is 0 Å². The van der Waals surface area contributed by atoms with Crippen molar-refractivity contribution in [3.05, 3.63) is 40.5 Å². The number of hydrogen-bond donors (Lipinski definition) is 1. The molecule has 3 rings (SSSR count). The highest BCUT2D eigenvalue weighted by Gasteiger charge is 2.22. The zero-order chi connectivity index (χ0) is 15.7. The number of sulfonamides is 1. The first-order valence-corrected chi connectivity index (χ1v) is 9.09. The Morgan fingerprint density at radius 1 is 1.32 bits per heavy atom. The van der Waals surface area contributed by atoms with Gasteiger partial charge >= 0.3 is 0 Å². The second kappa shape index (κ2) is 5.79. The number of rotatable bonds is 5. The van der Waals surface area contributed by atoms with Gasteiger partial charge in [-0.2, -0.15) is 9.40 Å². The van der Waals surface area contributed by atoms with Crippen LogP contribution in [0.4, 0.5) is 0 Å². The van der Waals surface area contributed by atoms with Crippen LogP contribution >= 0.6 is 11.3 Å². The lowest BCUT2D eigenvalue weighted by atomic mass is 10.3. The maximum atomic E-state index is 12.6. The summed E-state index contributed by atoms with van der Waals surface area (Å²) in [6.07, 6.45) is 4.37. The molecule has 2 aromatic heterocycles. The number of aromatic nitrogens is 3. The zero-order valence-electron chi connectivity index (χ0n) is 12.3. The van der Waals surface area contributed by atoms with Crippen molar-refractivity contribution in [3.8, 4) is 0 Å². The van der Waals surface area contributed by atoms with Crippen LogP contribution in [0.25, 0.3) is 10.9 Å². The fourth-order valence-electron chi connectivity index (χ4n) is 2.12. The third-order valence-electron chi connectivity index (χ3n) is 3.43. The highest BCUT2D eigenvalue weighted by Crippen LogP contribution is 2.22. The van der Waals surface area contributed by atoms with E-state index in [2.05, 4.69) is 22.1 Å². The third-order valence-corrected chi connectivity index (χ3v) is 6.36. The van der Waals surface area contributed by atoms with Crippen molar-refractivity contribution >= 4 is 32.3 Å². The Balaban J connectivity index is 1.87. The second-order valence-corrected chi connectivity index (χ2v) is 8.20. The summed E-state index contributed by atoms with van der Waals surface area (Å²) >= 11 is 1.54. The summed E-state index contributed by atoms with van der Waals surface area (Å²) in [7, 11) is -1.98. The first-order valence-electron chi connectivity index (χ1n) is 6.83. The predicted octanol–water partition coefficient (Wildman–Crippen LogP) is 2.40. The van der Waals surface area contributed by atoms with Crippen LogP contribution in [0, 0.1) is 0 Å². The van der Waals surface area contributed by atoms with E-state index in [1.807, 2.05) is 0 Å². The fourth-order valence-corrected chi connectivity index (χ4v) is 4.27. The predicted molar refractivity (Wildman–Crippen MR) is 86.2 cm³/mol. The number of fused-ring (bicyclic) bond motifs is 1. The number of benzene rings is 1. The molecule has 0 radical (unpaired) electrons. The van der Waals surface area contributed by atoms with E-state index < -0.39 is 10.0 Å². The molecule has 6 nitrogen and oxygen atoms in total. The first-order chi connectivity index (χ1) is 10.5. The number of H-pyrrole nitrogens is 1. The average Bonchev–Trinajstić information content (AvgIpc) is 3.14. The number of aryl methyl sites for hydroxylation is 1. The largest absolute Gasteiger partial charge is 0.278 e. The van der Waals surface area contributed by atoms with Gasteiger partial charge in [-0.1, -0.05) is 6.92 Å². The molecule has 0 atom stereocenters. The van der Waals surface area contributed by atoms with Gasteiger partial charge in [-0.05, 0) is 24.6 Å². The van der Waals surface area contributed by atoms with Crippen molar-refractivity contribution in [2.75, 3.05) is 7.05 Å². The molecule has 0 bridgehead atoms. The smallest absolute Gasteiger partial charge is 0.243 e. The molecule has 1 N–H and O–H groups in total. The average molecular weight is 336 g/mol. The quantitative estimate of drug-likeness (QED) is 0.776. The Kier molecular flexibility index (Phi) is 3.98. The van der Waals surface area contributed by atoms with E-state index in [1.165, 1.54) is 4.31 Å². The van der Waals surface area contributed by atoms with E-state index in [1.54, 1.807) is 49.0 Å². The molecule has 0 amide bonds. The third kappa shape index (κ3) is 2.77. The molecule has 8 heteroatoms. The lowest BCUT2D eigenvalue weighted by Crippen LogP contribution is -2.26. The Morgan fingerprint density at radius 2 is 2.14 bits per heavy atom. The molecule has 0 fully saturated rings. The summed E-state index contributed by atoms with van der Waals surface area (Å²) in [6.45, 7) is 2.32. The van der Waals surface area contributed by atoms with E-state index >= 15 is 0 Å². The minimum absolute atomic E-state index is 0.249. The van der Waals surface area contributed by atoms with Crippen LogP contribution in [0.5, 0.6) is 0 Å². The van der Waals surface area contributed by atoms with Crippen LogP contribution in [0.2, 0.25) is 0 Å². The molecule has 0 aliphatic rings. The van der Waals surface area contributed by atoms with Gasteiger partial charge in [-0.15, -0.1) is 11.3 Å². The van der Waals surface area contributed by atoms with E-state index in [0.717, 1.165) is 21.7 Å². The van der Waals surface area contributed by atoms with Crippen molar-refractivity contribution in [2.24, 2.45) is 0 Å². The molecule has 116 valence electrons. The molecular weight excluding hydrogens is 320 g/mol. The van der Waals surface area contributed by atoms with Gasteiger partial charge in [-0.3, -0.25) is 5.10 Å². The molecule has 2 heterocycles. The topological polar surface area (TPSA) is 79.0 Å². The first kappa shape index (κ1) is 15.1. The minimum Gasteiger partial charge on any atom is -0.278 e. The second-order valence-electron chi connectivity index (χ2n) is 4.95. The summed E-state index contributed by atoms with van der Waals surface area (Å²) < 4.78 is 26.6. The zero-order valence-corrected chi connectivity index (χ0v) is 13.9. The number of hydrogen-bond acceptors (Lipinski definition) is 5. The van der Waals surface area contributed by atoms with Gasteiger partial charge in [0.25, 0.3) is 0 Å². The number of aromatic amines is 1. The molecule has 0 saturated heterocycles. The van der Waals surface area contributed by atoms with E-state index in [-0.39, 0.29) is 11.4 Å². The number of thiazole rings is 1. The van der Waals surface area contributed by atoms with Crippen LogP contribution in [-0.4, -0.2) is 35.0 Å². The lowest BCUT2D eigenvalue weighted by Gasteiger charge is -2.15. The van der Waals surface area contributed by atoms with Gasteiger partial charge < -0.3 is 0 Å². The molecule has 0 aliphatic carbocycles. The maximum Gasteiger partial charge on any atom is 0.243 e. The van der Waals surface area contributed by atoms with E-state index in [0.29, 0.717) is 5.52 Å². The van der Waals surface area contributed by atoms with Crippen LogP contribution in [0.15, 0.2) is 35.5 Å². The lowest BCUT2D eigenvalue weighted by molar-refractivity contribution is 0.466. The van der Waals surface area contributed by atoms with E-state index in [9.17, 15) is 8.42 Å². The summed E-state index contributed by atoms with van der Waals surface area (Å²) in [6, 6.07) is 4.95. The Hall–Kier alpha value is -1.77. The van der Waals surface area contributed by atoms with Crippen LogP contribution in [0.1, 0.15) is 16.8 Å². The van der Waals surface area contributed by atoms with Gasteiger partial charge in [0.05, 0.1) is 23.2 Å². The monoisotopic (exact) mass is 336 g/mol. The summed E-state index contributed by atoms with van der Waals surface area (Å²) in [5, 5.41) is 8.38. The Bertz CT molecular complexity index is 898.